The van der Waals surface area contributed by atoms with Crippen LogP contribution in [-0.2, 0) is 0 Å². The van der Waals surface area contributed by atoms with Gasteiger partial charge in [-0.3, -0.25) is 0 Å². The second-order valence-corrected chi connectivity index (χ2v) is 5.84. The number of aliphatic hydroxyl groups is 1. The molecule has 0 heterocycles. The number of carbonyl (C=O) groups is 1. The number of nitrogens with zero attached hydrogens (tertiary/aromatic N) is 1. The summed E-state index contributed by atoms with van der Waals surface area (Å²) in [6.07, 6.45) is 6.56. The molecule has 0 aliphatic heterocycles. The molecular formula is C18H26N2O3. The summed E-state index contributed by atoms with van der Waals surface area (Å²) in [5, 5.41) is 12.0. The molecule has 1 aromatic rings. The summed E-state index contributed by atoms with van der Waals surface area (Å²) >= 11 is 0. The average molecular weight is 318 g/mol. The van der Waals surface area contributed by atoms with Gasteiger partial charge in [-0.2, -0.15) is 0 Å². The first kappa shape index (κ1) is 17.3. The zero-order valence-electron chi connectivity index (χ0n) is 13.8. The lowest BCUT2D eigenvalue weighted by atomic mass is 10.1. The second-order valence-electron chi connectivity index (χ2n) is 5.84. The molecule has 2 N–H and O–H groups in total. The molecule has 2 amide bonds. The molecule has 0 unspecified atom stereocenters. The first-order valence-corrected chi connectivity index (χ1v) is 8.19. The highest BCUT2D eigenvalue weighted by Crippen LogP contribution is 2.30. The number of nitrogens with one attached hydrogen (secondary N) is 1. The van der Waals surface area contributed by atoms with Crippen molar-refractivity contribution >= 4 is 11.7 Å². The van der Waals surface area contributed by atoms with E-state index in [4.69, 9.17) is 9.84 Å². The van der Waals surface area contributed by atoms with Crippen molar-refractivity contribution < 1.29 is 14.6 Å². The number of aliphatic hydroxyl groups excluding tert-OH is 1. The van der Waals surface area contributed by atoms with Crippen LogP contribution in [0.4, 0.5) is 10.5 Å². The van der Waals surface area contributed by atoms with Crippen molar-refractivity contribution in [1.29, 1.82) is 0 Å². The van der Waals surface area contributed by atoms with Crippen molar-refractivity contribution in [2.75, 3.05) is 25.0 Å². The lowest BCUT2D eigenvalue weighted by Gasteiger charge is -2.22. The number of urea groups is 1. The zero-order chi connectivity index (χ0) is 16.7. The summed E-state index contributed by atoms with van der Waals surface area (Å²) in [6.45, 7) is 6.17. The molecule has 0 atom stereocenters. The molecule has 23 heavy (non-hydrogen) atoms. The van der Waals surface area contributed by atoms with Gasteiger partial charge in [0.05, 0.1) is 12.7 Å². The molecule has 0 aromatic heterocycles. The predicted molar refractivity (Wildman–Crippen MR) is 91.9 cm³/mol. The van der Waals surface area contributed by atoms with Gasteiger partial charge in [0.15, 0.2) is 0 Å². The topological polar surface area (TPSA) is 61.8 Å². The minimum Gasteiger partial charge on any atom is -0.490 e. The fourth-order valence-electron chi connectivity index (χ4n) is 2.81. The van der Waals surface area contributed by atoms with Crippen molar-refractivity contribution in [2.24, 2.45) is 0 Å². The summed E-state index contributed by atoms with van der Waals surface area (Å²) < 4.78 is 6.06. The molecule has 126 valence electrons. The van der Waals surface area contributed by atoms with E-state index in [1.807, 2.05) is 25.1 Å². The number of hydrogen-bond acceptors (Lipinski definition) is 3. The van der Waals surface area contributed by atoms with Crippen molar-refractivity contribution in [3.8, 4) is 5.75 Å². The van der Waals surface area contributed by atoms with Crippen LogP contribution in [0.3, 0.4) is 0 Å². The predicted octanol–water partition coefficient (Wildman–Crippen LogP) is 3.33. The van der Waals surface area contributed by atoms with Crippen LogP contribution >= 0.6 is 0 Å². The van der Waals surface area contributed by atoms with E-state index in [1.165, 1.54) is 17.7 Å². The van der Waals surface area contributed by atoms with Crippen molar-refractivity contribution in [3.63, 3.8) is 0 Å². The third kappa shape index (κ3) is 4.73. The third-order valence-electron chi connectivity index (χ3n) is 4.13. The minimum atomic E-state index is -0.250. The monoisotopic (exact) mass is 318 g/mol. The van der Waals surface area contributed by atoms with Gasteiger partial charge in [-0.1, -0.05) is 12.1 Å². The summed E-state index contributed by atoms with van der Waals surface area (Å²) in [5.74, 6) is 0.826. The number of anilines is 1. The van der Waals surface area contributed by atoms with Crippen LogP contribution in [0.2, 0.25) is 0 Å². The van der Waals surface area contributed by atoms with E-state index < -0.39 is 0 Å². The Labute approximate surface area is 137 Å². The van der Waals surface area contributed by atoms with Gasteiger partial charge in [0.2, 0.25) is 0 Å². The molecule has 1 saturated carbocycles. The van der Waals surface area contributed by atoms with E-state index in [0.29, 0.717) is 6.54 Å². The Bertz CT molecular complexity index is 539. The molecule has 5 nitrogen and oxygen atoms in total. The maximum atomic E-state index is 12.3. The normalized spacial score (nSPS) is 14.5. The first-order valence-electron chi connectivity index (χ1n) is 8.19. The Balaban J connectivity index is 2.06. The Morgan fingerprint density at radius 2 is 2.22 bits per heavy atom. The van der Waals surface area contributed by atoms with Crippen molar-refractivity contribution in [2.45, 2.75) is 38.7 Å². The Morgan fingerprint density at radius 1 is 1.48 bits per heavy atom. The first-order chi connectivity index (χ1) is 11.2. The maximum Gasteiger partial charge on any atom is 0.322 e. The highest BCUT2D eigenvalue weighted by molar-refractivity contribution is 5.90. The van der Waals surface area contributed by atoms with Crippen LogP contribution < -0.4 is 10.1 Å². The number of hydrogen-bond donors (Lipinski definition) is 2. The van der Waals surface area contributed by atoms with E-state index in [-0.39, 0.29) is 25.3 Å². The van der Waals surface area contributed by atoms with E-state index in [0.717, 1.165) is 29.8 Å². The Hall–Kier alpha value is -2.01. The van der Waals surface area contributed by atoms with E-state index in [1.54, 1.807) is 6.08 Å². The lowest BCUT2D eigenvalue weighted by molar-refractivity contribution is 0.195. The van der Waals surface area contributed by atoms with Gasteiger partial charge in [-0.05, 0) is 44.7 Å². The fraction of sp³-hybridized carbons (Fsp3) is 0.500. The fourth-order valence-corrected chi connectivity index (χ4v) is 2.81. The molecule has 1 aliphatic rings. The molecule has 0 bridgehead atoms. The van der Waals surface area contributed by atoms with Gasteiger partial charge >= 0.3 is 6.03 Å². The second kappa shape index (κ2) is 8.58. The highest BCUT2D eigenvalue weighted by atomic mass is 16.5. The van der Waals surface area contributed by atoms with Gasteiger partial charge in [0.1, 0.15) is 5.75 Å². The van der Waals surface area contributed by atoms with E-state index >= 15 is 0 Å². The quantitative estimate of drug-likeness (QED) is 0.758. The highest BCUT2D eigenvalue weighted by Gasteiger charge is 2.19. The molecule has 5 heteroatoms. The van der Waals surface area contributed by atoms with Crippen molar-refractivity contribution in [3.05, 3.63) is 36.4 Å². The largest absolute Gasteiger partial charge is 0.490 e. The summed E-state index contributed by atoms with van der Waals surface area (Å²) in [6, 6.07) is 5.44. The van der Waals surface area contributed by atoms with Gasteiger partial charge in [0.25, 0.3) is 0 Å². The van der Waals surface area contributed by atoms with Crippen molar-refractivity contribution in [1.82, 2.24) is 4.90 Å². The zero-order valence-corrected chi connectivity index (χ0v) is 13.8. The minimum absolute atomic E-state index is 0.0783. The summed E-state index contributed by atoms with van der Waals surface area (Å²) in [5.41, 5.74) is 1.66. The van der Waals surface area contributed by atoms with Gasteiger partial charge < -0.3 is 20.1 Å². The molecule has 0 saturated heterocycles. The molecule has 0 spiro atoms. The number of carbonyl (C=O) groups excluding carboxylic acids is 1. The summed E-state index contributed by atoms with van der Waals surface area (Å²) in [4.78, 5) is 13.8. The molecule has 2 rings (SSSR count). The number of ether oxygens (including phenoxy) is 1. The third-order valence-corrected chi connectivity index (χ3v) is 4.13. The molecular weight excluding hydrogens is 292 g/mol. The number of rotatable bonds is 7. The summed E-state index contributed by atoms with van der Waals surface area (Å²) in [7, 11) is 0. The average Bonchev–Trinajstić information content (AvgIpc) is 3.04. The Kier molecular flexibility index (Phi) is 6.47. The Morgan fingerprint density at radius 3 is 2.87 bits per heavy atom. The SMILES string of the molecule is C=CCN(CCO)C(=O)Nc1cccc(OC2CCCC2)c1C. The van der Waals surface area contributed by atoms with Crippen LogP contribution in [0.5, 0.6) is 5.75 Å². The van der Waals surface area contributed by atoms with E-state index in [2.05, 4.69) is 11.9 Å². The number of amides is 2. The standard InChI is InChI=1S/C18H26N2O3/c1-3-11-20(12-13-21)18(22)19-16-9-6-10-17(14(16)2)23-15-7-4-5-8-15/h3,6,9-10,15,21H,1,4-5,7-8,11-13H2,2H3,(H,19,22). The molecule has 1 aromatic carbocycles. The molecule has 0 radical (unpaired) electrons. The van der Waals surface area contributed by atoms with Gasteiger partial charge in [-0.25, -0.2) is 4.79 Å². The van der Waals surface area contributed by atoms with Crippen LogP contribution in [0.1, 0.15) is 31.2 Å². The van der Waals surface area contributed by atoms with Gasteiger partial charge in [0, 0.05) is 24.3 Å². The molecule has 1 aliphatic carbocycles. The van der Waals surface area contributed by atoms with Crippen LogP contribution in [0.15, 0.2) is 30.9 Å². The van der Waals surface area contributed by atoms with Gasteiger partial charge in [-0.15, -0.1) is 6.58 Å². The lowest BCUT2D eigenvalue weighted by Crippen LogP contribution is -2.37. The van der Waals surface area contributed by atoms with Crippen LogP contribution in [0, 0.1) is 6.92 Å². The van der Waals surface area contributed by atoms with Crippen LogP contribution in [-0.4, -0.2) is 41.8 Å². The molecule has 1 fully saturated rings. The van der Waals surface area contributed by atoms with E-state index in [9.17, 15) is 4.79 Å². The van der Waals surface area contributed by atoms with Crippen LogP contribution in [0.25, 0.3) is 0 Å². The smallest absolute Gasteiger partial charge is 0.322 e. The number of benzene rings is 1. The maximum absolute atomic E-state index is 12.3.